The Labute approximate surface area is 210 Å². The molecule has 3 rings (SSSR count). The van der Waals surface area contributed by atoms with Gasteiger partial charge in [-0.3, -0.25) is 4.89 Å². The lowest BCUT2D eigenvalue weighted by atomic mass is 9.91. The van der Waals surface area contributed by atoms with Crippen molar-refractivity contribution < 1.29 is 23.6 Å². The fraction of sp³-hybridized carbons (Fsp3) is 0.143. The van der Waals surface area contributed by atoms with Crippen LogP contribution in [0.1, 0.15) is 22.6 Å². The van der Waals surface area contributed by atoms with Crippen LogP contribution in [0.2, 0.25) is 10.0 Å². The number of phenols is 1. The first-order valence-electron chi connectivity index (χ1n) is 8.99. The molecule has 0 amide bonds. The number of phosphoric ester groups is 1. The van der Waals surface area contributed by atoms with E-state index < -0.39 is 17.5 Å². The molecule has 0 spiro atoms. The van der Waals surface area contributed by atoms with Gasteiger partial charge in [0.1, 0.15) is 17.2 Å². The average molecular weight is 557 g/mol. The summed E-state index contributed by atoms with van der Waals surface area (Å²) in [4.78, 5) is 10.4. The van der Waals surface area contributed by atoms with Crippen molar-refractivity contribution in [1.29, 1.82) is 0 Å². The number of hydrogen-bond donors (Lipinski definition) is 2. The van der Waals surface area contributed by atoms with Crippen molar-refractivity contribution in [3.05, 3.63) is 87.4 Å². The summed E-state index contributed by atoms with van der Waals surface area (Å²) in [7, 11) is -4.67. The van der Waals surface area contributed by atoms with Crippen LogP contribution >= 0.6 is 65.8 Å². The van der Waals surface area contributed by atoms with Crippen LogP contribution in [-0.4, -0.2) is 13.8 Å². The van der Waals surface area contributed by atoms with Gasteiger partial charge in [-0.25, -0.2) is 4.57 Å². The molecule has 170 valence electrons. The van der Waals surface area contributed by atoms with E-state index in [2.05, 4.69) is 0 Å². The number of para-hydroxylation sites is 1. The second kappa shape index (κ2) is 9.90. The lowest BCUT2D eigenvalue weighted by Gasteiger charge is -2.28. The minimum absolute atomic E-state index is 0.123. The van der Waals surface area contributed by atoms with Crippen LogP contribution in [0, 0.1) is 6.92 Å². The number of phosphoric acid groups is 1. The molecule has 0 heterocycles. The predicted octanol–water partition coefficient (Wildman–Crippen LogP) is 8.07. The molecular weight excluding hydrogens is 540 g/mol. The van der Waals surface area contributed by atoms with E-state index >= 15 is 0 Å². The first-order chi connectivity index (χ1) is 14.9. The maximum absolute atomic E-state index is 12.8. The zero-order valence-electron chi connectivity index (χ0n) is 16.3. The van der Waals surface area contributed by atoms with E-state index in [0.717, 1.165) is 0 Å². The number of rotatable bonds is 6. The van der Waals surface area contributed by atoms with E-state index in [-0.39, 0.29) is 38.4 Å². The van der Waals surface area contributed by atoms with E-state index in [9.17, 15) is 14.6 Å². The minimum Gasteiger partial charge on any atom is -0.508 e. The topological polar surface area (TPSA) is 76.0 Å². The molecule has 0 saturated carbocycles. The molecular formula is C21H16Cl5O5P. The summed E-state index contributed by atoms with van der Waals surface area (Å²) in [6.45, 7) is 1.71. The molecule has 2 N–H and O–H groups in total. The molecule has 2 atom stereocenters. The largest absolute Gasteiger partial charge is 0.584 e. The molecule has 3 aromatic carbocycles. The zero-order valence-corrected chi connectivity index (χ0v) is 21.0. The summed E-state index contributed by atoms with van der Waals surface area (Å²) in [6.07, 6.45) is 0. The number of halogens is 5. The molecule has 2 unspecified atom stereocenters. The van der Waals surface area contributed by atoms with Crippen LogP contribution in [0.15, 0.2) is 60.7 Å². The fourth-order valence-corrected chi connectivity index (χ4v) is 5.00. The summed E-state index contributed by atoms with van der Waals surface area (Å²) in [5, 5.41) is 10.9. The van der Waals surface area contributed by atoms with Crippen LogP contribution in [0.5, 0.6) is 17.2 Å². The third-order valence-electron chi connectivity index (χ3n) is 4.43. The van der Waals surface area contributed by atoms with Gasteiger partial charge in [0.05, 0.1) is 5.92 Å². The van der Waals surface area contributed by atoms with Gasteiger partial charge in [-0.1, -0.05) is 76.2 Å². The smallest absolute Gasteiger partial charge is 0.508 e. The molecule has 0 aliphatic carbocycles. The van der Waals surface area contributed by atoms with E-state index in [4.69, 9.17) is 67.1 Å². The molecule has 0 aliphatic rings. The van der Waals surface area contributed by atoms with Gasteiger partial charge in [0.25, 0.3) is 0 Å². The highest BCUT2D eigenvalue weighted by molar-refractivity contribution is 7.48. The maximum atomic E-state index is 12.8. The lowest BCUT2D eigenvalue weighted by Crippen LogP contribution is -2.20. The van der Waals surface area contributed by atoms with Crippen LogP contribution in [0.4, 0.5) is 0 Å². The van der Waals surface area contributed by atoms with Gasteiger partial charge < -0.3 is 14.2 Å². The SMILES string of the molecule is Cc1ccccc1OP(=O)(O)Oc1ccc(Cl)cc1C(c1cc(Cl)ccc1O)C(Cl)(Cl)Cl. The summed E-state index contributed by atoms with van der Waals surface area (Å²) in [5.41, 5.74) is 0.902. The predicted molar refractivity (Wildman–Crippen MR) is 129 cm³/mol. The Kier molecular flexibility index (Phi) is 7.84. The Morgan fingerprint density at radius 2 is 1.44 bits per heavy atom. The highest BCUT2D eigenvalue weighted by atomic mass is 35.6. The Morgan fingerprint density at radius 1 is 0.875 bits per heavy atom. The van der Waals surface area contributed by atoms with Gasteiger partial charge in [-0.2, -0.15) is 0 Å². The number of aromatic hydroxyl groups is 1. The molecule has 0 aromatic heterocycles. The monoisotopic (exact) mass is 554 g/mol. The van der Waals surface area contributed by atoms with Gasteiger partial charge in [-0.05, 0) is 55.0 Å². The number of phenolic OH excluding ortho intramolecular Hbond substituents is 1. The summed E-state index contributed by atoms with van der Waals surface area (Å²) < 4.78 is 21.3. The standard InChI is InChI=1S/C21H16Cl5O5P/c1-12-4-2-3-5-18(12)30-32(28,29)31-19-9-7-14(23)11-16(19)20(21(24,25)26)15-10-13(22)6-8-17(15)27/h2-11,20,27H,1H3,(H,28,29). The maximum Gasteiger partial charge on any atom is 0.584 e. The van der Waals surface area contributed by atoms with Gasteiger partial charge in [0, 0.05) is 21.2 Å². The molecule has 0 aliphatic heterocycles. The third kappa shape index (κ3) is 6.18. The molecule has 0 radical (unpaired) electrons. The van der Waals surface area contributed by atoms with Crippen LogP contribution in [-0.2, 0) is 4.57 Å². The summed E-state index contributed by atoms with van der Waals surface area (Å²) >= 11 is 31.0. The Hall–Kier alpha value is -1.30. The number of benzene rings is 3. The number of hydrogen-bond acceptors (Lipinski definition) is 4. The van der Waals surface area contributed by atoms with Gasteiger partial charge >= 0.3 is 7.82 Å². The van der Waals surface area contributed by atoms with E-state index in [1.807, 2.05) is 0 Å². The first-order valence-corrected chi connectivity index (χ1v) is 12.4. The average Bonchev–Trinajstić information content (AvgIpc) is 2.67. The van der Waals surface area contributed by atoms with Crippen LogP contribution in [0.3, 0.4) is 0 Å². The van der Waals surface area contributed by atoms with E-state index in [1.54, 1.807) is 25.1 Å². The fourth-order valence-electron chi connectivity index (χ4n) is 3.03. The molecule has 0 saturated heterocycles. The minimum atomic E-state index is -4.67. The molecule has 3 aromatic rings. The highest BCUT2D eigenvalue weighted by Gasteiger charge is 2.40. The van der Waals surface area contributed by atoms with Crippen molar-refractivity contribution in [2.45, 2.75) is 16.6 Å². The Bertz CT molecular complexity index is 1180. The number of aryl methyl sites for hydroxylation is 1. The summed E-state index contributed by atoms with van der Waals surface area (Å²) in [6, 6.07) is 15.0. The van der Waals surface area contributed by atoms with Crippen molar-refractivity contribution in [2.75, 3.05) is 0 Å². The molecule has 5 nitrogen and oxygen atoms in total. The van der Waals surface area contributed by atoms with Crippen molar-refractivity contribution >= 4 is 65.8 Å². The molecule has 0 bridgehead atoms. The third-order valence-corrected chi connectivity index (χ3v) is 6.41. The quantitative estimate of drug-likeness (QED) is 0.237. The second-order valence-electron chi connectivity index (χ2n) is 6.78. The Morgan fingerprint density at radius 3 is 2.06 bits per heavy atom. The van der Waals surface area contributed by atoms with E-state index in [1.165, 1.54) is 42.5 Å². The molecule has 0 fully saturated rings. The number of alkyl halides is 3. The van der Waals surface area contributed by atoms with Gasteiger partial charge in [0.2, 0.25) is 3.79 Å². The molecule has 32 heavy (non-hydrogen) atoms. The highest BCUT2D eigenvalue weighted by Crippen LogP contribution is 2.54. The van der Waals surface area contributed by atoms with Gasteiger partial charge in [0.15, 0.2) is 0 Å². The zero-order chi connectivity index (χ0) is 23.7. The first kappa shape index (κ1) is 25.3. The lowest BCUT2D eigenvalue weighted by molar-refractivity contribution is 0.289. The van der Waals surface area contributed by atoms with Crippen molar-refractivity contribution in [3.8, 4) is 17.2 Å². The van der Waals surface area contributed by atoms with Crippen LogP contribution < -0.4 is 9.05 Å². The van der Waals surface area contributed by atoms with Crippen molar-refractivity contribution in [3.63, 3.8) is 0 Å². The van der Waals surface area contributed by atoms with Gasteiger partial charge in [-0.15, -0.1) is 0 Å². The Balaban J connectivity index is 2.09. The second-order valence-corrected chi connectivity index (χ2v) is 11.3. The van der Waals surface area contributed by atoms with Crippen molar-refractivity contribution in [1.82, 2.24) is 0 Å². The van der Waals surface area contributed by atoms with Crippen LogP contribution in [0.25, 0.3) is 0 Å². The normalized spacial score (nSPS) is 14.5. The van der Waals surface area contributed by atoms with Crippen molar-refractivity contribution in [2.24, 2.45) is 0 Å². The summed E-state index contributed by atoms with van der Waals surface area (Å²) in [5.74, 6) is -1.35. The molecule has 11 heteroatoms. The van der Waals surface area contributed by atoms with E-state index in [0.29, 0.717) is 5.56 Å².